The smallest absolute Gasteiger partial charge is 0.260 e. The minimum Gasteiger partial charge on any atom is -0.452 e. The van der Waals surface area contributed by atoms with Crippen molar-refractivity contribution in [2.75, 3.05) is 12.1 Å². The molecule has 0 bridgehead atoms. The largest absolute Gasteiger partial charge is 0.452 e. The van der Waals surface area contributed by atoms with Gasteiger partial charge in [0.2, 0.25) is 6.79 Å². The third-order valence-corrected chi connectivity index (χ3v) is 6.07. The number of hydrogen-bond acceptors (Lipinski definition) is 7. The molecule has 154 valence electrons. The molecule has 1 aliphatic heterocycles. The predicted octanol–water partition coefficient (Wildman–Crippen LogP) is 2.11. The van der Waals surface area contributed by atoms with Crippen molar-refractivity contribution < 1.29 is 24.5 Å². The highest BCUT2D eigenvalue weighted by Crippen LogP contribution is 2.43. The second kappa shape index (κ2) is 7.19. The number of hydrogen-bond donors (Lipinski definition) is 2. The van der Waals surface area contributed by atoms with E-state index in [1.54, 1.807) is 22.8 Å². The van der Waals surface area contributed by atoms with Crippen molar-refractivity contribution in [3.63, 3.8) is 0 Å². The first kappa shape index (κ1) is 19.2. The van der Waals surface area contributed by atoms with Gasteiger partial charge in [-0.25, -0.2) is 4.98 Å². The van der Waals surface area contributed by atoms with Crippen LogP contribution < -0.4 is 15.0 Å². The van der Waals surface area contributed by atoms with E-state index in [1.165, 1.54) is 0 Å². The molecular weight excluding hydrogens is 456 g/mol. The van der Waals surface area contributed by atoms with Crippen LogP contribution >= 0.6 is 15.9 Å². The van der Waals surface area contributed by atoms with E-state index in [9.17, 15) is 19.8 Å². The quantitative estimate of drug-likeness (QED) is 0.427. The van der Waals surface area contributed by atoms with E-state index in [4.69, 9.17) is 9.47 Å². The fourth-order valence-corrected chi connectivity index (χ4v) is 4.36. The first-order valence-electron chi connectivity index (χ1n) is 9.44. The van der Waals surface area contributed by atoms with Gasteiger partial charge in [0.25, 0.3) is 11.4 Å². The molecule has 1 aromatic carbocycles. The lowest BCUT2D eigenvalue weighted by molar-refractivity contribution is 0.104. The number of nitrogens with zero attached hydrogens (tertiary/aromatic N) is 2. The summed E-state index contributed by atoms with van der Waals surface area (Å²) in [6.45, 7) is -0.213. The Balaban J connectivity index is 1.89. The van der Waals surface area contributed by atoms with Crippen molar-refractivity contribution in [1.82, 2.24) is 9.55 Å². The number of aliphatic hydroxyl groups excluding tert-OH is 2. The van der Waals surface area contributed by atoms with Gasteiger partial charge in [-0.05, 0) is 35.7 Å². The Hall–Kier alpha value is -2.75. The number of ketones is 1. The van der Waals surface area contributed by atoms with Crippen LogP contribution in [0.4, 0.5) is 0 Å². The highest BCUT2D eigenvalue weighted by atomic mass is 79.9. The maximum absolute atomic E-state index is 13.4. The van der Waals surface area contributed by atoms with Crippen molar-refractivity contribution >= 4 is 32.5 Å². The number of fused-ring (bicyclic) bond motifs is 6. The lowest BCUT2D eigenvalue weighted by Crippen LogP contribution is -2.24. The summed E-state index contributed by atoms with van der Waals surface area (Å²) in [4.78, 5) is 31.3. The van der Waals surface area contributed by atoms with Gasteiger partial charge >= 0.3 is 0 Å². The molecular formula is C21H17BrN2O6. The first-order valence-corrected chi connectivity index (χ1v) is 10.6. The van der Waals surface area contributed by atoms with Gasteiger partial charge < -0.3 is 24.3 Å². The Morgan fingerprint density at radius 3 is 2.50 bits per heavy atom. The van der Waals surface area contributed by atoms with Gasteiger partial charge in [0, 0.05) is 22.6 Å². The third kappa shape index (κ3) is 2.62. The maximum atomic E-state index is 13.4. The number of pyridine rings is 2. The molecule has 2 N–H and O–H groups in total. The number of carbonyl (C=O) groups excluding carboxylic acids is 1. The average molecular weight is 473 g/mol. The Kier molecular flexibility index (Phi) is 4.61. The molecule has 0 spiro atoms. The zero-order valence-corrected chi connectivity index (χ0v) is 17.4. The van der Waals surface area contributed by atoms with Crippen molar-refractivity contribution in [1.29, 1.82) is 0 Å². The van der Waals surface area contributed by atoms with Crippen LogP contribution in [0.2, 0.25) is 0 Å². The van der Waals surface area contributed by atoms with Gasteiger partial charge in [0.15, 0.2) is 11.5 Å². The normalized spacial score (nSPS) is 13.8. The average Bonchev–Trinajstić information content (AvgIpc) is 3.33. The lowest BCUT2D eigenvalue weighted by Gasteiger charge is -2.16. The van der Waals surface area contributed by atoms with E-state index in [2.05, 4.69) is 20.9 Å². The molecule has 5 rings (SSSR count). The molecule has 30 heavy (non-hydrogen) atoms. The summed E-state index contributed by atoms with van der Waals surface area (Å²) in [7, 11) is 0. The summed E-state index contributed by atoms with van der Waals surface area (Å²) >= 11 is 3.39. The van der Waals surface area contributed by atoms with Crippen molar-refractivity contribution in [2.45, 2.75) is 26.2 Å². The fourth-order valence-electron chi connectivity index (χ4n) is 4.11. The van der Waals surface area contributed by atoms with Crippen LogP contribution in [0, 0.1) is 0 Å². The molecule has 3 aromatic rings. The highest BCUT2D eigenvalue weighted by Gasteiger charge is 2.36. The van der Waals surface area contributed by atoms with E-state index in [1.807, 2.05) is 0 Å². The first-order chi connectivity index (χ1) is 14.6. The molecule has 2 aromatic heterocycles. The number of benzene rings is 1. The third-order valence-electron chi connectivity index (χ3n) is 5.51. The number of carbonyl (C=O) groups is 1. The van der Waals surface area contributed by atoms with Gasteiger partial charge in [-0.2, -0.15) is 0 Å². The van der Waals surface area contributed by atoms with Crippen molar-refractivity contribution in [2.24, 2.45) is 0 Å². The molecule has 0 saturated carbocycles. The Morgan fingerprint density at radius 2 is 1.80 bits per heavy atom. The fraction of sp³-hybridized carbons (Fsp3) is 0.286. The van der Waals surface area contributed by atoms with Crippen LogP contribution in [0.3, 0.4) is 0 Å². The minimum atomic E-state index is -0.319. The van der Waals surface area contributed by atoms with Gasteiger partial charge in [-0.15, -0.1) is 0 Å². The molecule has 0 amide bonds. The summed E-state index contributed by atoms with van der Waals surface area (Å²) in [5.41, 5.74) is 2.21. The van der Waals surface area contributed by atoms with E-state index < -0.39 is 0 Å². The molecule has 1 aliphatic carbocycles. The number of aromatic nitrogens is 2. The molecule has 0 saturated heterocycles. The van der Waals surface area contributed by atoms with Gasteiger partial charge in [-0.1, -0.05) is 15.9 Å². The second-order valence-corrected chi connectivity index (χ2v) is 7.92. The number of ether oxygens (including phenoxy) is 2. The summed E-state index contributed by atoms with van der Waals surface area (Å²) in [5, 5.41) is 20.8. The van der Waals surface area contributed by atoms with Crippen molar-refractivity contribution in [3.05, 3.63) is 50.8 Å². The van der Waals surface area contributed by atoms with Crippen LogP contribution in [0.15, 0.2) is 23.0 Å². The van der Waals surface area contributed by atoms with Gasteiger partial charge in [0.1, 0.15) is 5.69 Å². The van der Waals surface area contributed by atoms with E-state index in [-0.39, 0.29) is 31.3 Å². The van der Waals surface area contributed by atoms with E-state index in [0.717, 1.165) is 0 Å². The zero-order chi connectivity index (χ0) is 21.0. The zero-order valence-electron chi connectivity index (χ0n) is 15.8. The molecule has 0 unspecified atom stereocenters. The highest BCUT2D eigenvalue weighted by molar-refractivity contribution is 9.09. The number of aliphatic hydroxyl groups is 2. The van der Waals surface area contributed by atoms with Gasteiger partial charge in [-0.3, -0.25) is 9.59 Å². The van der Waals surface area contributed by atoms with Crippen LogP contribution in [0.25, 0.3) is 22.2 Å². The van der Waals surface area contributed by atoms with Crippen LogP contribution in [0.5, 0.6) is 11.6 Å². The maximum Gasteiger partial charge on any atom is 0.260 e. The molecule has 0 atom stereocenters. The predicted molar refractivity (Wildman–Crippen MR) is 111 cm³/mol. The lowest BCUT2D eigenvalue weighted by atomic mass is 9.97. The monoisotopic (exact) mass is 472 g/mol. The summed E-state index contributed by atoms with van der Waals surface area (Å²) < 4.78 is 12.3. The Labute approximate surface area is 178 Å². The number of halogens is 1. The molecule has 3 heterocycles. The summed E-state index contributed by atoms with van der Waals surface area (Å²) in [6, 6.07) is 4.78. The second-order valence-electron chi connectivity index (χ2n) is 7.13. The Morgan fingerprint density at radius 1 is 1.07 bits per heavy atom. The number of alkyl halides is 1. The SMILES string of the molecule is O=C1c2cc3c(nc2-c2c1c1cc(CO)c(CO)cc1c(=O)n2CCCBr)OCO3. The molecule has 9 heteroatoms. The van der Waals surface area contributed by atoms with Crippen LogP contribution in [-0.4, -0.2) is 37.7 Å². The van der Waals surface area contributed by atoms with E-state index >= 15 is 0 Å². The van der Waals surface area contributed by atoms with Crippen LogP contribution in [-0.2, 0) is 19.8 Å². The standard InChI is InChI=1S/C21H17BrN2O6/c22-2-1-3-24-18-16(12-4-10(7-25)11(8-26)5-13(12)21(24)28)19(27)14-6-15-20(23-17(14)18)30-9-29-15/h4-6,25-26H,1-3,7-9H2. The molecule has 0 radical (unpaired) electrons. The molecule has 0 fully saturated rings. The molecule has 8 nitrogen and oxygen atoms in total. The van der Waals surface area contributed by atoms with Crippen LogP contribution in [0.1, 0.15) is 33.5 Å². The Bertz CT molecular complexity index is 1280. The summed E-state index contributed by atoms with van der Waals surface area (Å²) in [5.74, 6) is 0.428. The number of rotatable bonds is 5. The molecule has 2 aliphatic rings. The van der Waals surface area contributed by atoms with Crippen molar-refractivity contribution in [3.8, 4) is 23.0 Å². The minimum absolute atomic E-state index is 0.0319. The summed E-state index contributed by atoms with van der Waals surface area (Å²) in [6.07, 6.45) is 0.674. The van der Waals surface area contributed by atoms with Gasteiger partial charge in [0.05, 0.1) is 30.0 Å². The topological polar surface area (TPSA) is 111 Å². The van der Waals surface area contributed by atoms with E-state index in [0.29, 0.717) is 74.3 Å².